The first-order chi connectivity index (χ1) is 9.15. The monoisotopic (exact) mass is 257 g/mol. The van der Waals surface area contributed by atoms with Crippen LogP contribution in [0.15, 0.2) is 35.2 Å². The maximum absolute atomic E-state index is 10.3. The summed E-state index contributed by atoms with van der Waals surface area (Å²) in [5.41, 5.74) is 7.77. The van der Waals surface area contributed by atoms with E-state index in [0.29, 0.717) is 17.0 Å². The number of hydrogen-bond donors (Lipinski definition) is 3. The van der Waals surface area contributed by atoms with Crippen molar-refractivity contribution in [2.45, 2.75) is 0 Å². The second-order valence-corrected chi connectivity index (χ2v) is 3.67. The molecular formula is C13H11N3O3. The third-order valence-corrected chi connectivity index (χ3v) is 2.23. The van der Waals surface area contributed by atoms with Crippen LogP contribution >= 0.6 is 0 Å². The van der Waals surface area contributed by atoms with Crippen LogP contribution < -0.4 is 11.1 Å². The number of benzene rings is 1. The van der Waals surface area contributed by atoms with Crippen molar-refractivity contribution in [1.82, 2.24) is 10.3 Å². The molecule has 96 valence electrons. The molecule has 0 unspecified atom stereocenters. The third kappa shape index (κ3) is 3.51. The summed E-state index contributed by atoms with van der Waals surface area (Å²) in [5, 5.41) is 10.6. The van der Waals surface area contributed by atoms with Gasteiger partial charge >= 0.3 is 6.09 Å². The Hall–Kier alpha value is -2.94. The van der Waals surface area contributed by atoms with E-state index in [-0.39, 0.29) is 6.54 Å². The summed E-state index contributed by atoms with van der Waals surface area (Å²) in [5.74, 6) is 6.11. The highest BCUT2D eigenvalue weighted by atomic mass is 16.4. The number of hydrogen-bond acceptors (Lipinski definition) is 4. The maximum Gasteiger partial charge on any atom is 0.405 e. The summed E-state index contributed by atoms with van der Waals surface area (Å²) < 4.78 is 5.18. The van der Waals surface area contributed by atoms with Gasteiger partial charge in [-0.1, -0.05) is 11.8 Å². The fourth-order valence-corrected chi connectivity index (χ4v) is 1.49. The number of nitrogens with one attached hydrogen (secondary N) is 1. The van der Waals surface area contributed by atoms with Crippen molar-refractivity contribution in [3.05, 3.63) is 36.4 Å². The van der Waals surface area contributed by atoms with Crippen LogP contribution in [-0.4, -0.2) is 22.7 Å². The van der Waals surface area contributed by atoms with E-state index < -0.39 is 6.09 Å². The highest BCUT2D eigenvalue weighted by Crippen LogP contribution is 2.22. The van der Waals surface area contributed by atoms with Crippen LogP contribution in [0.2, 0.25) is 0 Å². The zero-order chi connectivity index (χ0) is 13.7. The number of nitrogen functional groups attached to an aromatic ring is 1. The van der Waals surface area contributed by atoms with Crippen molar-refractivity contribution in [2.75, 3.05) is 12.3 Å². The van der Waals surface area contributed by atoms with Gasteiger partial charge in [0.1, 0.15) is 0 Å². The molecule has 2 rings (SSSR count). The molecule has 0 aliphatic heterocycles. The van der Waals surface area contributed by atoms with Crippen LogP contribution in [0.3, 0.4) is 0 Å². The molecule has 0 fully saturated rings. The lowest BCUT2D eigenvalue weighted by Gasteiger charge is -2.00. The fraction of sp³-hybridized carbons (Fsp3) is 0.0769. The average molecular weight is 257 g/mol. The van der Waals surface area contributed by atoms with Crippen molar-refractivity contribution in [2.24, 2.45) is 0 Å². The quantitative estimate of drug-likeness (QED) is 0.559. The Labute approximate surface area is 109 Å². The van der Waals surface area contributed by atoms with Gasteiger partial charge in [-0.15, -0.1) is 0 Å². The first-order valence-electron chi connectivity index (χ1n) is 5.40. The zero-order valence-electron chi connectivity index (χ0n) is 9.88. The van der Waals surface area contributed by atoms with E-state index in [0.717, 1.165) is 5.56 Å². The van der Waals surface area contributed by atoms with Crippen molar-refractivity contribution in [3.8, 4) is 23.2 Å². The molecule has 0 radical (unpaired) electrons. The van der Waals surface area contributed by atoms with Gasteiger partial charge in [-0.25, -0.2) is 9.78 Å². The molecule has 0 saturated heterocycles. The fourth-order valence-electron chi connectivity index (χ4n) is 1.49. The van der Waals surface area contributed by atoms with Crippen molar-refractivity contribution in [3.63, 3.8) is 0 Å². The molecule has 1 heterocycles. The van der Waals surface area contributed by atoms with Crippen LogP contribution in [0.25, 0.3) is 11.3 Å². The number of rotatable bonds is 2. The lowest BCUT2D eigenvalue weighted by atomic mass is 10.1. The van der Waals surface area contributed by atoms with E-state index in [1.807, 2.05) is 0 Å². The number of nitrogens with zero attached hydrogens (tertiary/aromatic N) is 1. The van der Waals surface area contributed by atoms with E-state index in [1.54, 1.807) is 24.4 Å². The van der Waals surface area contributed by atoms with Crippen LogP contribution in [0, 0.1) is 11.8 Å². The van der Waals surface area contributed by atoms with Crippen molar-refractivity contribution in [1.29, 1.82) is 0 Å². The Morgan fingerprint density at radius 1 is 1.47 bits per heavy atom. The zero-order valence-corrected chi connectivity index (χ0v) is 9.88. The minimum atomic E-state index is -1.11. The van der Waals surface area contributed by atoms with Gasteiger partial charge in [0.25, 0.3) is 0 Å². The highest BCUT2D eigenvalue weighted by molar-refractivity contribution is 5.66. The van der Waals surface area contributed by atoms with Gasteiger partial charge in [0.05, 0.1) is 12.7 Å². The predicted molar refractivity (Wildman–Crippen MR) is 69.3 cm³/mol. The second-order valence-electron chi connectivity index (χ2n) is 3.67. The number of carbonyl (C=O) groups is 1. The van der Waals surface area contributed by atoms with E-state index >= 15 is 0 Å². The minimum Gasteiger partial charge on any atom is -0.465 e. The standard InChI is InChI=1S/C13H11N3O3/c14-11-5-9(2-1-3-16-13(17)18)4-10(6-11)12-7-15-8-19-12/h4-8,16H,3,14H2,(H,17,18). The molecule has 0 bridgehead atoms. The first-order valence-corrected chi connectivity index (χ1v) is 5.40. The smallest absolute Gasteiger partial charge is 0.405 e. The van der Waals surface area contributed by atoms with Crippen molar-refractivity contribution < 1.29 is 14.3 Å². The van der Waals surface area contributed by atoms with E-state index in [9.17, 15) is 4.79 Å². The van der Waals surface area contributed by atoms with Gasteiger partial charge in [0.2, 0.25) is 0 Å². The van der Waals surface area contributed by atoms with Crippen LogP contribution in [0.5, 0.6) is 0 Å². The molecule has 2 aromatic rings. The number of anilines is 1. The molecule has 6 heteroatoms. The molecule has 6 nitrogen and oxygen atoms in total. The van der Waals surface area contributed by atoms with Gasteiger partial charge in [-0.2, -0.15) is 0 Å². The van der Waals surface area contributed by atoms with Gasteiger partial charge in [0.15, 0.2) is 12.2 Å². The lowest BCUT2D eigenvalue weighted by Crippen LogP contribution is -2.20. The molecule has 1 aromatic carbocycles. The molecule has 0 aliphatic rings. The molecule has 0 aliphatic carbocycles. The molecule has 4 N–H and O–H groups in total. The summed E-state index contributed by atoms with van der Waals surface area (Å²) in [6, 6.07) is 5.25. The Morgan fingerprint density at radius 2 is 2.32 bits per heavy atom. The van der Waals surface area contributed by atoms with E-state index in [4.69, 9.17) is 15.3 Å². The predicted octanol–water partition coefficient (Wildman–Crippen LogP) is 1.54. The summed E-state index contributed by atoms with van der Waals surface area (Å²) >= 11 is 0. The number of nitrogens with two attached hydrogens (primary N) is 1. The summed E-state index contributed by atoms with van der Waals surface area (Å²) in [6.45, 7) is 0.0573. The minimum absolute atomic E-state index is 0.0573. The largest absolute Gasteiger partial charge is 0.465 e. The Bertz CT molecular complexity index is 639. The SMILES string of the molecule is Nc1cc(C#CCNC(=O)O)cc(-c2cnco2)c1. The number of amides is 1. The van der Waals surface area contributed by atoms with Gasteiger partial charge in [-0.05, 0) is 18.2 Å². The number of oxazole rings is 1. The second kappa shape index (κ2) is 5.60. The van der Waals surface area contributed by atoms with E-state index in [1.165, 1.54) is 6.39 Å². The van der Waals surface area contributed by atoms with Gasteiger partial charge in [0, 0.05) is 16.8 Å². The van der Waals surface area contributed by atoms with Crippen molar-refractivity contribution >= 4 is 11.8 Å². The number of carboxylic acid groups (broad SMARTS) is 1. The maximum atomic E-state index is 10.3. The third-order valence-electron chi connectivity index (χ3n) is 2.23. The van der Waals surface area contributed by atoms with Gasteiger partial charge in [-0.3, -0.25) is 0 Å². The summed E-state index contributed by atoms with van der Waals surface area (Å²) in [6.07, 6.45) is 1.81. The molecule has 0 saturated carbocycles. The average Bonchev–Trinajstić information content (AvgIpc) is 2.87. The lowest BCUT2D eigenvalue weighted by molar-refractivity contribution is 0.196. The summed E-state index contributed by atoms with van der Waals surface area (Å²) in [4.78, 5) is 14.1. The molecule has 1 aromatic heterocycles. The van der Waals surface area contributed by atoms with E-state index in [2.05, 4.69) is 22.1 Å². The van der Waals surface area contributed by atoms with Crippen LogP contribution in [-0.2, 0) is 0 Å². The number of aromatic nitrogens is 1. The Morgan fingerprint density at radius 3 is 3.00 bits per heavy atom. The topological polar surface area (TPSA) is 101 Å². The highest BCUT2D eigenvalue weighted by Gasteiger charge is 2.03. The normalized spacial score (nSPS) is 9.47. The molecule has 1 amide bonds. The first kappa shape index (κ1) is 12.5. The summed E-state index contributed by atoms with van der Waals surface area (Å²) in [7, 11) is 0. The Balaban J connectivity index is 2.20. The van der Waals surface area contributed by atoms with Crippen LogP contribution in [0.1, 0.15) is 5.56 Å². The molecular weight excluding hydrogens is 246 g/mol. The molecule has 19 heavy (non-hydrogen) atoms. The van der Waals surface area contributed by atoms with Gasteiger partial charge < -0.3 is 20.6 Å². The molecule has 0 spiro atoms. The molecule has 0 atom stereocenters. The Kier molecular flexibility index (Phi) is 3.69. The van der Waals surface area contributed by atoms with Crippen LogP contribution in [0.4, 0.5) is 10.5 Å².